The van der Waals surface area contributed by atoms with Gasteiger partial charge in [0.05, 0.1) is 0 Å². The van der Waals surface area contributed by atoms with Crippen LogP contribution in [0.15, 0.2) is 42.6 Å². The number of benzene rings is 1. The van der Waals surface area contributed by atoms with E-state index in [9.17, 15) is 0 Å². The number of fused-ring (bicyclic) bond motifs is 1. The molecule has 3 heterocycles. The molecule has 28 heavy (non-hydrogen) atoms. The number of anilines is 2. The molecule has 1 saturated heterocycles. The van der Waals surface area contributed by atoms with Crippen LogP contribution in [0, 0.1) is 0 Å². The van der Waals surface area contributed by atoms with Crippen LogP contribution in [0.25, 0.3) is 0 Å². The van der Waals surface area contributed by atoms with E-state index in [4.69, 9.17) is 12.2 Å². The Balaban J connectivity index is 1.23. The molecule has 6 nitrogen and oxygen atoms in total. The maximum Gasteiger partial charge on any atom is 0.170 e. The summed E-state index contributed by atoms with van der Waals surface area (Å²) in [6, 6.07) is 12.7. The van der Waals surface area contributed by atoms with Gasteiger partial charge >= 0.3 is 0 Å². The fraction of sp³-hybridized carbons (Fsp3) is 0.429. The van der Waals surface area contributed by atoms with Crippen LogP contribution in [0.2, 0.25) is 0 Å². The van der Waals surface area contributed by atoms with Crippen LogP contribution in [0.3, 0.4) is 0 Å². The molecule has 2 aliphatic rings. The van der Waals surface area contributed by atoms with Gasteiger partial charge in [-0.25, -0.2) is 4.98 Å². The van der Waals surface area contributed by atoms with Crippen LogP contribution in [-0.2, 0) is 6.54 Å². The van der Waals surface area contributed by atoms with E-state index in [-0.39, 0.29) is 0 Å². The Bertz CT molecular complexity index is 801. The van der Waals surface area contributed by atoms with Crippen molar-refractivity contribution in [2.75, 3.05) is 56.9 Å². The third kappa shape index (κ3) is 4.79. The Kier molecular flexibility index (Phi) is 6.04. The average Bonchev–Trinajstić information content (AvgIpc) is 3.13. The van der Waals surface area contributed by atoms with Crippen molar-refractivity contribution in [3.8, 4) is 0 Å². The van der Waals surface area contributed by atoms with Crippen molar-refractivity contribution >= 4 is 28.8 Å². The second-order valence-electron chi connectivity index (χ2n) is 7.63. The second-order valence-corrected chi connectivity index (χ2v) is 8.04. The predicted octanol–water partition coefficient (Wildman–Crippen LogP) is 2.32. The minimum atomic E-state index is 0.384. The van der Waals surface area contributed by atoms with Gasteiger partial charge in [0.2, 0.25) is 0 Å². The highest BCUT2D eigenvalue weighted by molar-refractivity contribution is 7.80. The molecule has 4 rings (SSSR count). The third-order valence-electron chi connectivity index (χ3n) is 5.52. The van der Waals surface area contributed by atoms with E-state index >= 15 is 0 Å². The maximum absolute atomic E-state index is 5.47. The average molecular weight is 397 g/mol. The molecule has 1 fully saturated rings. The van der Waals surface area contributed by atoms with Crippen molar-refractivity contribution < 1.29 is 0 Å². The Morgan fingerprint density at radius 3 is 2.75 bits per heavy atom. The number of rotatable bonds is 5. The summed E-state index contributed by atoms with van der Waals surface area (Å²) < 4.78 is 0. The van der Waals surface area contributed by atoms with Gasteiger partial charge in [0.1, 0.15) is 5.82 Å². The van der Waals surface area contributed by atoms with Gasteiger partial charge < -0.3 is 20.9 Å². The van der Waals surface area contributed by atoms with E-state index in [1.165, 1.54) is 11.1 Å². The number of aromatic nitrogens is 1. The smallest absolute Gasteiger partial charge is 0.170 e. The number of likely N-dealkylation sites (N-methyl/N-ethyl adjacent to an activating group) is 1. The second kappa shape index (κ2) is 8.86. The first-order valence-electron chi connectivity index (χ1n) is 9.91. The molecule has 0 amide bonds. The van der Waals surface area contributed by atoms with Gasteiger partial charge in [-0.05, 0) is 43.0 Å². The molecule has 0 bridgehead atoms. The summed E-state index contributed by atoms with van der Waals surface area (Å²) in [5.74, 6) is 1.37. The zero-order valence-electron chi connectivity index (χ0n) is 16.3. The lowest BCUT2D eigenvalue weighted by Gasteiger charge is -2.32. The first kappa shape index (κ1) is 19.1. The van der Waals surface area contributed by atoms with Crippen LogP contribution in [0.4, 0.5) is 11.5 Å². The van der Waals surface area contributed by atoms with Gasteiger partial charge in [-0.2, -0.15) is 0 Å². The molecule has 1 aromatic heterocycles. The molecule has 0 saturated carbocycles. The molecule has 1 unspecified atom stereocenters. The summed E-state index contributed by atoms with van der Waals surface area (Å²) in [6.45, 7) is 7.27. The van der Waals surface area contributed by atoms with E-state index in [0.29, 0.717) is 11.0 Å². The standard InChI is InChI=1S/C21H28N6S/c1-26-9-11-27(12-10-26)15-16-4-6-18(7-5-16)25-21(28)24-14-17-13-23-20-19(17)3-2-8-22-20/h2-8,17H,9-15H2,1H3,(H,22,23)(H2,24,25,28). The lowest BCUT2D eigenvalue weighted by Crippen LogP contribution is -2.43. The highest BCUT2D eigenvalue weighted by atomic mass is 32.1. The van der Waals surface area contributed by atoms with E-state index in [0.717, 1.165) is 57.3 Å². The van der Waals surface area contributed by atoms with Crippen molar-refractivity contribution in [1.29, 1.82) is 0 Å². The molecule has 3 N–H and O–H groups in total. The number of thiocarbonyl (C=S) groups is 1. The van der Waals surface area contributed by atoms with Crippen LogP contribution in [-0.4, -0.2) is 66.2 Å². The number of nitrogens with zero attached hydrogens (tertiary/aromatic N) is 3. The van der Waals surface area contributed by atoms with Crippen molar-refractivity contribution in [3.63, 3.8) is 0 Å². The van der Waals surface area contributed by atoms with E-state index in [1.807, 2.05) is 12.3 Å². The molecule has 2 aliphatic heterocycles. The van der Waals surface area contributed by atoms with Gasteiger partial charge in [-0.1, -0.05) is 18.2 Å². The fourth-order valence-corrected chi connectivity index (χ4v) is 3.96. The molecule has 1 atom stereocenters. The molecule has 0 aliphatic carbocycles. The molecular weight excluding hydrogens is 368 g/mol. The first-order chi connectivity index (χ1) is 13.7. The van der Waals surface area contributed by atoms with Crippen molar-refractivity contribution in [3.05, 3.63) is 53.7 Å². The molecule has 2 aromatic rings. The van der Waals surface area contributed by atoms with Crippen LogP contribution in [0.5, 0.6) is 0 Å². The molecule has 0 radical (unpaired) electrons. The normalized spacial score (nSPS) is 19.7. The van der Waals surface area contributed by atoms with Gasteiger partial charge in [0, 0.05) is 69.2 Å². The minimum Gasteiger partial charge on any atom is -0.369 e. The summed E-state index contributed by atoms with van der Waals surface area (Å²) in [5.41, 5.74) is 3.62. The fourth-order valence-electron chi connectivity index (χ4n) is 3.76. The Labute approximate surface area is 172 Å². The summed E-state index contributed by atoms with van der Waals surface area (Å²) in [5, 5.41) is 10.6. The topological polar surface area (TPSA) is 55.5 Å². The Morgan fingerprint density at radius 2 is 1.96 bits per heavy atom. The zero-order valence-corrected chi connectivity index (χ0v) is 17.1. The lowest BCUT2D eigenvalue weighted by atomic mass is 10.0. The van der Waals surface area contributed by atoms with Crippen LogP contribution in [0.1, 0.15) is 17.0 Å². The van der Waals surface area contributed by atoms with Gasteiger partial charge in [0.25, 0.3) is 0 Å². The van der Waals surface area contributed by atoms with Crippen LogP contribution >= 0.6 is 12.2 Å². The highest BCUT2D eigenvalue weighted by Gasteiger charge is 2.22. The summed E-state index contributed by atoms with van der Waals surface area (Å²) in [7, 11) is 2.19. The Morgan fingerprint density at radius 1 is 1.18 bits per heavy atom. The Hall–Kier alpha value is -2.22. The van der Waals surface area contributed by atoms with Gasteiger partial charge in [-0.3, -0.25) is 4.90 Å². The van der Waals surface area contributed by atoms with E-state index in [1.54, 1.807) is 0 Å². The monoisotopic (exact) mass is 396 g/mol. The van der Waals surface area contributed by atoms with Crippen molar-refractivity contribution in [1.82, 2.24) is 20.1 Å². The van der Waals surface area contributed by atoms with Gasteiger partial charge in [-0.15, -0.1) is 0 Å². The minimum absolute atomic E-state index is 0.384. The number of piperazine rings is 1. The van der Waals surface area contributed by atoms with E-state index in [2.05, 4.69) is 68.1 Å². The molecule has 7 heteroatoms. The molecule has 148 valence electrons. The number of hydrogen-bond acceptors (Lipinski definition) is 5. The van der Waals surface area contributed by atoms with E-state index < -0.39 is 0 Å². The molecular formula is C21H28N6S. The lowest BCUT2D eigenvalue weighted by molar-refractivity contribution is 0.148. The summed E-state index contributed by atoms with van der Waals surface area (Å²) in [6.07, 6.45) is 1.82. The largest absolute Gasteiger partial charge is 0.369 e. The first-order valence-corrected chi connectivity index (χ1v) is 10.3. The third-order valence-corrected chi connectivity index (χ3v) is 5.76. The number of nitrogens with one attached hydrogen (secondary N) is 3. The quantitative estimate of drug-likeness (QED) is 0.671. The predicted molar refractivity (Wildman–Crippen MR) is 119 cm³/mol. The highest BCUT2D eigenvalue weighted by Crippen LogP contribution is 2.28. The summed E-state index contributed by atoms with van der Waals surface area (Å²) >= 11 is 5.47. The molecule has 1 aromatic carbocycles. The van der Waals surface area contributed by atoms with Crippen molar-refractivity contribution in [2.24, 2.45) is 0 Å². The zero-order chi connectivity index (χ0) is 19.3. The maximum atomic E-state index is 5.47. The SMILES string of the molecule is CN1CCN(Cc2ccc(NC(=S)NCC3CNc4ncccc43)cc2)CC1. The number of pyridine rings is 1. The molecule has 0 spiro atoms. The summed E-state index contributed by atoms with van der Waals surface area (Å²) in [4.78, 5) is 9.26. The van der Waals surface area contributed by atoms with Crippen LogP contribution < -0.4 is 16.0 Å². The number of hydrogen-bond donors (Lipinski definition) is 3. The van der Waals surface area contributed by atoms with Gasteiger partial charge in [0.15, 0.2) is 5.11 Å². The van der Waals surface area contributed by atoms with Crippen molar-refractivity contribution in [2.45, 2.75) is 12.5 Å².